The number of hydrogen-bond acceptors (Lipinski definition) is 2. The topological polar surface area (TPSA) is 49.3 Å². The van der Waals surface area contributed by atoms with Gasteiger partial charge in [0.1, 0.15) is 6.61 Å². The summed E-state index contributed by atoms with van der Waals surface area (Å²) >= 11 is 0. The number of anilines is 1. The highest BCUT2D eigenvalue weighted by atomic mass is 16.2. The first-order valence-electron chi connectivity index (χ1n) is 6.72. The van der Waals surface area contributed by atoms with Crippen molar-refractivity contribution < 1.29 is 9.90 Å². The van der Waals surface area contributed by atoms with E-state index in [1.807, 2.05) is 25.1 Å². The van der Waals surface area contributed by atoms with E-state index in [4.69, 9.17) is 5.11 Å². The smallest absolute Gasteiger partial charge is 0.227 e. The standard InChI is InChI=1S/C16H19NO2/c1-12-8-9-13(5-4-10-18)11-15(12)17-16(19)14-6-2-3-7-14/h8-9,11,14,18H,2-3,6-7,10H2,1H3,(H,17,19). The Labute approximate surface area is 114 Å². The van der Waals surface area contributed by atoms with Crippen LogP contribution in [0.4, 0.5) is 5.69 Å². The third-order valence-corrected chi connectivity index (χ3v) is 3.53. The van der Waals surface area contributed by atoms with Crippen molar-refractivity contribution in [2.24, 2.45) is 5.92 Å². The highest BCUT2D eigenvalue weighted by Gasteiger charge is 2.22. The van der Waals surface area contributed by atoms with Crippen molar-refractivity contribution >= 4 is 11.6 Å². The summed E-state index contributed by atoms with van der Waals surface area (Å²) in [5.74, 6) is 5.74. The maximum absolute atomic E-state index is 12.1. The van der Waals surface area contributed by atoms with Gasteiger partial charge in [-0.1, -0.05) is 30.7 Å². The van der Waals surface area contributed by atoms with Crippen LogP contribution in [0.5, 0.6) is 0 Å². The fourth-order valence-electron chi connectivity index (χ4n) is 2.40. The van der Waals surface area contributed by atoms with Crippen LogP contribution in [0.15, 0.2) is 18.2 Å². The second-order valence-corrected chi connectivity index (χ2v) is 4.96. The van der Waals surface area contributed by atoms with E-state index in [1.54, 1.807) is 0 Å². The van der Waals surface area contributed by atoms with Gasteiger partial charge >= 0.3 is 0 Å². The van der Waals surface area contributed by atoms with E-state index in [2.05, 4.69) is 17.2 Å². The van der Waals surface area contributed by atoms with Gasteiger partial charge in [0.2, 0.25) is 5.91 Å². The van der Waals surface area contributed by atoms with Crippen molar-refractivity contribution in [3.05, 3.63) is 29.3 Å². The molecule has 0 heterocycles. The lowest BCUT2D eigenvalue weighted by atomic mass is 10.1. The van der Waals surface area contributed by atoms with E-state index in [0.717, 1.165) is 42.5 Å². The zero-order chi connectivity index (χ0) is 13.7. The van der Waals surface area contributed by atoms with Gasteiger partial charge in [0, 0.05) is 17.2 Å². The molecule has 19 heavy (non-hydrogen) atoms. The summed E-state index contributed by atoms with van der Waals surface area (Å²) in [5.41, 5.74) is 2.66. The van der Waals surface area contributed by atoms with Crippen LogP contribution in [0, 0.1) is 24.7 Å². The number of rotatable bonds is 2. The van der Waals surface area contributed by atoms with Crippen LogP contribution in [0.2, 0.25) is 0 Å². The van der Waals surface area contributed by atoms with Gasteiger partial charge in [-0.05, 0) is 37.5 Å². The van der Waals surface area contributed by atoms with Crippen molar-refractivity contribution in [2.45, 2.75) is 32.6 Å². The first kappa shape index (κ1) is 13.6. The second kappa shape index (κ2) is 6.40. The first-order valence-corrected chi connectivity index (χ1v) is 6.72. The number of carbonyl (C=O) groups is 1. The number of aryl methyl sites for hydroxylation is 1. The molecule has 1 aromatic carbocycles. The molecule has 0 radical (unpaired) electrons. The van der Waals surface area contributed by atoms with Gasteiger partial charge in [-0.3, -0.25) is 4.79 Å². The van der Waals surface area contributed by atoms with Crippen LogP contribution in [-0.4, -0.2) is 17.6 Å². The van der Waals surface area contributed by atoms with E-state index in [-0.39, 0.29) is 18.4 Å². The number of hydrogen-bond donors (Lipinski definition) is 2. The average molecular weight is 257 g/mol. The van der Waals surface area contributed by atoms with Crippen molar-refractivity contribution in [1.29, 1.82) is 0 Å². The van der Waals surface area contributed by atoms with Crippen molar-refractivity contribution in [2.75, 3.05) is 11.9 Å². The van der Waals surface area contributed by atoms with Crippen molar-refractivity contribution in [3.8, 4) is 11.8 Å². The highest BCUT2D eigenvalue weighted by Crippen LogP contribution is 2.26. The second-order valence-electron chi connectivity index (χ2n) is 4.96. The summed E-state index contributed by atoms with van der Waals surface area (Å²) in [4.78, 5) is 12.1. The minimum absolute atomic E-state index is 0.118. The Morgan fingerprint density at radius 1 is 1.42 bits per heavy atom. The van der Waals surface area contributed by atoms with Crippen LogP contribution in [0.25, 0.3) is 0 Å². The predicted molar refractivity (Wildman–Crippen MR) is 75.7 cm³/mol. The third kappa shape index (κ3) is 3.59. The monoisotopic (exact) mass is 257 g/mol. The normalized spacial score (nSPS) is 14.8. The fraction of sp³-hybridized carbons (Fsp3) is 0.438. The maximum Gasteiger partial charge on any atom is 0.227 e. The largest absolute Gasteiger partial charge is 0.384 e. The molecule has 1 amide bonds. The van der Waals surface area contributed by atoms with Crippen LogP contribution >= 0.6 is 0 Å². The number of nitrogens with one attached hydrogen (secondary N) is 1. The van der Waals surface area contributed by atoms with Crippen LogP contribution in [-0.2, 0) is 4.79 Å². The molecule has 2 rings (SSSR count). The molecule has 1 fully saturated rings. The summed E-state index contributed by atoms with van der Waals surface area (Å²) in [7, 11) is 0. The lowest BCUT2D eigenvalue weighted by Crippen LogP contribution is -2.20. The molecule has 3 heteroatoms. The summed E-state index contributed by atoms with van der Waals surface area (Å²) < 4.78 is 0. The van der Waals surface area contributed by atoms with Crippen molar-refractivity contribution in [1.82, 2.24) is 0 Å². The quantitative estimate of drug-likeness (QED) is 0.800. The Hall–Kier alpha value is -1.79. The molecule has 1 saturated carbocycles. The van der Waals surface area contributed by atoms with E-state index >= 15 is 0 Å². The third-order valence-electron chi connectivity index (χ3n) is 3.53. The molecular formula is C16H19NO2. The zero-order valence-corrected chi connectivity index (χ0v) is 11.2. The van der Waals surface area contributed by atoms with Gasteiger partial charge in [-0.25, -0.2) is 0 Å². The molecule has 2 N–H and O–H groups in total. The molecule has 100 valence electrons. The number of benzene rings is 1. The van der Waals surface area contributed by atoms with Crippen LogP contribution < -0.4 is 5.32 Å². The maximum atomic E-state index is 12.1. The lowest BCUT2D eigenvalue weighted by Gasteiger charge is -2.12. The molecule has 0 unspecified atom stereocenters. The predicted octanol–water partition coefficient (Wildman–Crippen LogP) is 2.47. The summed E-state index contributed by atoms with van der Waals surface area (Å²) in [6, 6.07) is 5.69. The summed E-state index contributed by atoms with van der Waals surface area (Å²) in [5, 5.41) is 11.7. The highest BCUT2D eigenvalue weighted by molar-refractivity contribution is 5.93. The number of amides is 1. The van der Waals surface area contributed by atoms with Gasteiger partial charge in [-0.15, -0.1) is 0 Å². The molecule has 1 aliphatic carbocycles. The summed E-state index contributed by atoms with van der Waals surface area (Å²) in [6.07, 6.45) is 4.29. The molecule has 1 aromatic rings. The number of aliphatic hydroxyl groups excluding tert-OH is 1. The van der Waals surface area contributed by atoms with E-state index in [0.29, 0.717) is 0 Å². The van der Waals surface area contributed by atoms with E-state index < -0.39 is 0 Å². The van der Waals surface area contributed by atoms with Crippen molar-refractivity contribution in [3.63, 3.8) is 0 Å². The molecule has 0 aromatic heterocycles. The zero-order valence-electron chi connectivity index (χ0n) is 11.2. The average Bonchev–Trinajstić information content (AvgIpc) is 2.93. The van der Waals surface area contributed by atoms with Crippen LogP contribution in [0.1, 0.15) is 36.8 Å². The van der Waals surface area contributed by atoms with Gasteiger partial charge in [0.15, 0.2) is 0 Å². The molecular weight excluding hydrogens is 238 g/mol. The Balaban J connectivity index is 2.12. The molecule has 0 aliphatic heterocycles. The van der Waals surface area contributed by atoms with Crippen LogP contribution in [0.3, 0.4) is 0 Å². The van der Waals surface area contributed by atoms with Gasteiger partial charge in [0.05, 0.1) is 0 Å². The summed E-state index contributed by atoms with van der Waals surface area (Å²) in [6.45, 7) is 1.81. The van der Waals surface area contributed by atoms with E-state index in [9.17, 15) is 4.79 Å². The lowest BCUT2D eigenvalue weighted by molar-refractivity contribution is -0.119. The Kier molecular flexibility index (Phi) is 4.59. The molecule has 0 bridgehead atoms. The molecule has 0 spiro atoms. The minimum Gasteiger partial charge on any atom is -0.384 e. The Bertz CT molecular complexity index is 519. The van der Waals surface area contributed by atoms with Gasteiger partial charge in [0.25, 0.3) is 0 Å². The first-order chi connectivity index (χ1) is 9.20. The minimum atomic E-state index is -0.155. The Morgan fingerprint density at radius 3 is 2.84 bits per heavy atom. The SMILES string of the molecule is Cc1ccc(C#CCO)cc1NC(=O)C1CCCC1. The van der Waals surface area contributed by atoms with Gasteiger partial charge < -0.3 is 10.4 Å². The van der Waals surface area contributed by atoms with Gasteiger partial charge in [-0.2, -0.15) is 0 Å². The van der Waals surface area contributed by atoms with E-state index in [1.165, 1.54) is 0 Å². The number of aliphatic hydroxyl groups is 1. The fourth-order valence-corrected chi connectivity index (χ4v) is 2.40. The molecule has 0 saturated heterocycles. The Morgan fingerprint density at radius 2 is 2.16 bits per heavy atom. The molecule has 1 aliphatic rings. The number of carbonyl (C=O) groups excluding carboxylic acids is 1. The molecule has 3 nitrogen and oxygen atoms in total. The molecule has 0 atom stereocenters.